The molecule has 0 radical (unpaired) electrons. The summed E-state index contributed by atoms with van der Waals surface area (Å²) in [5.74, 6) is -0.718. The van der Waals surface area contributed by atoms with Gasteiger partial charge in [0, 0.05) is 54.1 Å². The zero-order chi connectivity index (χ0) is 19.1. The average Bonchev–Trinajstić information content (AvgIpc) is 2.68. The summed E-state index contributed by atoms with van der Waals surface area (Å²) >= 11 is 0. The summed E-state index contributed by atoms with van der Waals surface area (Å²) in [6.45, 7) is 0. The SMILES string of the molecule is COC1(OC)CCCCCCCCC(OC)(OC)CCCCCCCC1. The average molecular weight is 373 g/mol. The van der Waals surface area contributed by atoms with Crippen LogP contribution < -0.4 is 0 Å². The van der Waals surface area contributed by atoms with Gasteiger partial charge in [0.2, 0.25) is 0 Å². The molecule has 156 valence electrons. The van der Waals surface area contributed by atoms with Crippen molar-refractivity contribution in [3.05, 3.63) is 0 Å². The molecule has 26 heavy (non-hydrogen) atoms. The smallest absolute Gasteiger partial charge is 0.167 e. The van der Waals surface area contributed by atoms with Crippen molar-refractivity contribution in [3.8, 4) is 0 Å². The second kappa shape index (κ2) is 13.9. The minimum Gasteiger partial charge on any atom is -0.353 e. The van der Waals surface area contributed by atoms with E-state index in [0.717, 1.165) is 25.7 Å². The van der Waals surface area contributed by atoms with Gasteiger partial charge < -0.3 is 18.9 Å². The van der Waals surface area contributed by atoms with E-state index >= 15 is 0 Å². The van der Waals surface area contributed by atoms with E-state index in [1.807, 2.05) is 0 Å². The second-order valence-electron chi connectivity index (χ2n) is 7.88. The Hall–Kier alpha value is -0.160. The molecule has 0 bridgehead atoms. The van der Waals surface area contributed by atoms with Gasteiger partial charge in [-0.3, -0.25) is 0 Å². The zero-order valence-corrected chi connectivity index (χ0v) is 17.9. The molecule has 0 atom stereocenters. The van der Waals surface area contributed by atoms with E-state index in [9.17, 15) is 0 Å². The molecule has 1 saturated carbocycles. The highest BCUT2D eigenvalue weighted by Gasteiger charge is 2.29. The van der Waals surface area contributed by atoms with Crippen LogP contribution in [0.4, 0.5) is 0 Å². The first-order valence-electron chi connectivity index (χ1n) is 10.9. The highest BCUT2D eigenvalue weighted by atomic mass is 16.7. The Morgan fingerprint density at radius 3 is 0.731 bits per heavy atom. The molecule has 4 heteroatoms. The van der Waals surface area contributed by atoms with Crippen LogP contribution in [0.25, 0.3) is 0 Å². The van der Waals surface area contributed by atoms with Gasteiger partial charge in [0.15, 0.2) is 11.6 Å². The minimum atomic E-state index is -0.359. The predicted octanol–water partition coefficient (Wildman–Crippen LogP) is 6.22. The Balaban J connectivity index is 2.51. The van der Waals surface area contributed by atoms with Gasteiger partial charge >= 0.3 is 0 Å². The van der Waals surface area contributed by atoms with Crippen LogP contribution in [0, 0.1) is 0 Å². The molecule has 0 aromatic heterocycles. The van der Waals surface area contributed by atoms with E-state index in [0.29, 0.717) is 0 Å². The molecule has 0 heterocycles. The van der Waals surface area contributed by atoms with E-state index in [-0.39, 0.29) is 11.6 Å². The molecule has 1 fully saturated rings. The first kappa shape index (κ1) is 23.9. The molecule has 4 nitrogen and oxygen atoms in total. The number of methoxy groups -OCH3 is 4. The van der Waals surface area contributed by atoms with Gasteiger partial charge in [-0.1, -0.05) is 51.4 Å². The molecule has 0 aromatic rings. The van der Waals surface area contributed by atoms with Gasteiger partial charge in [0.1, 0.15) is 0 Å². The molecule has 0 aromatic carbocycles. The molecular formula is C22H44O4. The third-order valence-electron chi connectivity index (χ3n) is 6.22. The Labute approximate surface area is 162 Å². The lowest BCUT2D eigenvalue weighted by molar-refractivity contribution is -0.217. The summed E-state index contributed by atoms with van der Waals surface area (Å²) in [5.41, 5.74) is 0. The summed E-state index contributed by atoms with van der Waals surface area (Å²) in [6.07, 6.45) is 19.0. The Bertz CT molecular complexity index is 268. The van der Waals surface area contributed by atoms with Crippen LogP contribution in [0.15, 0.2) is 0 Å². The van der Waals surface area contributed by atoms with Crippen LogP contribution in [0.3, 0.4) is 0 Å². The molecule has 1 rings (SSSR count). The fraction of sp³-hybridized carbons (Fsp3) is 1.00. The number of rotatable bonds is 4. The van der Waals surface area contributed by atoms with Crippen molar-refractivity contribution < 1.29 is 18.9 Å². The molecule has 0 aliphatic heterocycles. The molecule has 0 unspecified atom stereocenters. The van der Waals surface area contributed by atoms with Crippen molar-refractivity contribution in [2.24, 2.45) is 0 Å². The molecule has 0 saturated heterocycles. The quantitative estimate of drug-likeness (QED) is 0.549. The Kier molecular flexibility index (Phi) is 12.8. The Morgan fingerprint density at radius 1 is 0.346 bits per heavy atom. The number of ether oxygens (including phenoxy) is 4. The van der Waals surface area contributed by atoms with E-state index in [1.165, 1.54) is 77.0 Å². The molecule has 0 spiro atoms. The maximum absolute atomic E-state index is 5.77. The normalized spacial score (nSPS) is 24.5. The lowest BCUT2D eigenvalue weighted by Crippen LogP contribution is -2.34. The monoisotopic (exact) mass is 372 g/mol. The van der Waals surface area contributed by atoms with E-state index in [2.05, 4.69) is 0 Å². The fourth-order valence-corrected chi connectivity index (χ4v) is 4.22. The second-order valence-corrected chi connectivity index (χ2v) is 7.88. The van der Waals surface area contributed by atoms with Gasteiger partial charge in [-0.05, 0) is 25.7 Å². The van der Waals surface area contributed by atoms with Gasteiger partial charge in [0.25, 0.3) is 0 Å². The van der Waals surface area contributed by atoms with Crippen molar-refractivity contribution in [3.63, 3.8) is 0 Å². The standard InChI is InChI=1S/C22H44O4/c1-23-21(24-2)17-13-9-5-7-11-15-19-22(25-3,26-4)20-16-12-8-6-10-14-18-21/h5-20H2,1-4H3. The minimum absolute atomic E-state index is 0.359. The summed E-state index contributed by atoms with van der Waals surface area (Å²) in [5, 5.41) is 0. The molecule has 0 amide bonds. The highest BCUT2D eigenvalue weighted by Crippen LogP contribution is 2.29. The predicted molar refractivity (Wildman–Crippen MR) is 107 cm³/mol. The zero-order valence-electron chi connectivity index (χ0n) is 17.9. The number of hydrogen-bond donors (Lipinski definition) is 0. The van der Waals surface area contributed by atoms with Gasteiger partial charge in [-0.25, -0.2) is 0 Å². The van der Waals surface area contributed by atoms with Crippen LogP contribution in [-0.2, 0) is 18.9 Å². The summed E-state index contributed by atoms with van der Waals surface area (Å²) in [7, 11) is 7.20. The van der Waals surface area contributed by atoms with Crippen LogP contribution in [0.1, 0.15) is 103 Å². The summed E-state index contributed by atoms with van der Waals surface area (Å²) in [4.78, 5) is 0. The number of hydrogen-bond acceptors (Lipinski definition) is 4. The summed E-state index contributed by atoms with van der Waals surface area (Å²) < 4.78 is 23.1. The van der Waals surface area contributed by atoms with Crippen LogP contribution >= 0.6 is 0 Å². The first-order chi connectivity index (χ1) is 12.7. The highest BCUT2D eigenvalue weighted by molar-refractivity contribution is 4.72. The maximum atomic E-state index is 5.77. The van der Waals surface area contributed by atoms with E-state index in [1.54, 1.807) is 28.4 Å². The van der Waals surface area contributed by atoms with Gasteiger partial charge in [0.05, 0.1) is 0 Å². The van der Waals surface area contributed by atoms with Crippen molar-refractivity contribution in [1.29, 1.82) is 0 Å². The molecule has 1 aliphatic carbocycles. The summed E-state index contributed by atoms with van der Waals surface area (Å²) in [6, 6.07) is 0. The van der Waals surface area contributed by atoms with Gasteiger partial charge in [-0.2, -0.15) is 0 Å². The first-order valence-corrected chi connectivity index (χ1v) is 10.9. The Morgan fingerprint density at radius 2 is 0.538 bits per heavy atom. The van der Waals surface area contributed by atoms with Crippen molar-refractivity contribution in [1.82, 2.24) is 0 Å². The maximum Gasteiger partial charge on any atom is 0.167 e. The largest absolute Gasteiger partial charge is 0.353 e. The third-order valence-corrected chi connectivity index (χ3v) is 6.22. The third kappa shape index (κ3) is 8.69. The van der Waals surface area contributed by atoms with Crippen LogP contribution in [-0.4, -0.2) is 40.0 Å². The van der Waals surface area contributed by atoms with E-state index < -0.39 is 0 Å². The van der Waals surface area contributed by atoms with E-state index in [4.69, 9.17) is 18.9 Å². The fourth-order valence-electron chi connectivity index (χ4n) is 4.22. The lowest BCUT2D eigenvalue weighted by Gasteiger charge is -2.32. The lowest BCUT2D eigenvalue weighted by atomic mass is 9.96. The topological polar surface area (TPSA) is 36.9 Å². The molecule has 1 aliphatic rings. The van der Waals surface area contributed by atoms with Crippen molar-refractivity contribution in [2.75, 3.05) is 28.4 Å². The molecule has 0 N–H and O–H groups in total. The van der Waals surface area contributed by atoms with Crippen molar-refractivity contribution in [2.45, 2.75) is 114 Å². The van der Waals surface area contributed by atoms with Gasteiger partial charge in [-0.15, -0.1) is 0 Å². The molecular weight excluding hydrogens is 328 g/mol. The van der Waals surface area contributed by atoms with Crippen molar-refractivity contribution >= 4 is 0 Å². The van der Waals surface area contributed by atoms with Crippen LogP contribution in [0.5, 0.6) is 0 Å². The van der Waals surface area contributed by atoms with Crippen LogP contribution in [0.2, 0.25) is 0 Å².